The largest absolute Gasteiger partial charge is 0.477 e. The first-order valence-corrected chi connectivity index (χ1v) is 5.93. The van der Waals surface area contributed by atoms with Crippen molar-refractivity contribution in [1.29, 1.82) is 0 Å². The Bertz CT molecular complexity index is 618. The lowest BCUT2D eigenvalue weighted by Gasteiger charge is -2.11. The molecular weight excluding hydrogens is 242 g/mol. The molecule has 0 atom stereocenters. The van der Waals surface area contributed by atoms with Gasteiger partial charge in [0.15, 0.2) is 0 Å². The summed E-state index contributed by atoms with van der Waals surface area (Å²) < 4.78 is 5.60. The van der Waals surface area contributed by atoms with Crippen LogP contribution >= 0.6 is 0 Å². The highest BCUT2D eigenvalue weighted by molar-refractivity contribution is 5.92. The normalized spacial score (nSPS) is 10.3. The molecule has 0 fully saturated rings. The van der Waals surface area contributed by atoms with Crippen molar-refractivity contribution < 1.29 is 14.6 Å². The van der Waals surface area contributed by atoms with Gasteiger partial charge in [-0.3, -0.25) is 0 Å². The lowest BCUT2D eigenvalue weighted by molar-refractivity contribution is 0.0692. The highest BCUT2D eigenvalue weighted by Crippen LogP contribution is 2.26. The summed E-state index contributed by atoms with van der Waals surface area (Å²) in [4.78, 5) is 15.4. The van der Waals surface area contributed by atoms with Crippen LogP contribution in [0.25, 0.3) is 0 Å². The molecule has 0 spiro atoms. The van der Waals surface area contributed by atoms with Crippen molar-refractivity contribution in [3.8, 4) is 11.6 Å². The summed E-state index contributed by atoms with van der Waals surface area (Å²) in [6.07, 6.45) is 0. The standard InChI is InChI=1S/C15H15NO3/c1-9-4-6-12(7-5-9)19-14-13(15(17)18)10(2)8-11(3)16-14/h4-8H,1-3H3,(H,17,18). The Morgan fingerprint density at radius 3 is 2.37 bits per heavy atom. The molecule has 98 valence electrons. The van der Waals surface area contributed by atoms with Crippen LogP contribution in [0.2, 0.25) is 0 Å². The van der Waals surface area contributed by atoms with Crippen molar-refractivity contribution in [2.45, 2.75) is 20.8 Å². The van der Waals surface area contributed by atoms with E-state index in [0.29, 0.717) is 11.3 Å². The Balaban J connectivity index is 2.44. The first-order chi connectivity index (χ1) is 8.97. The molecule has 0 saturated heterocycles. The highest BCUT2D eigenvalue weighted by Gasteiger charge is 2.17. The quantitative estimate of drug-likeness (QED) is 0.914. The number of hydrogen-bond acceptors (Lipinski definition) is 3. The number of hydrogen-bond donors (Lipinski definition) is 1. The van der Waals surface area contributed by atoms with E-state index >= 15 is 0 Å². The molecule has 0 bridgehead atoms. The zero-order chi connectivity index (χ0) is 14.0. The number of benzene rings is 1. The zero-order valence-electron chi connectivity index (χ0n) is 11.1. The summed E-state index contributed by atoms with van der Waals surface area (Å²) in [5.41, 5.74) is 2.58. The van der Waals surface area contributed by atoms with E-state index in [9.17, 15) is 9.90 Å². The highest BCUT2D eigenvalue weighted by atomic mass is 16.5. The second kappa shape index (κ2) is 5.10. The fourth-order valence-corrected chi connectivity index (χ4v) is 1.85. The predicted octanol–water partition coefficient (Wildman–Crippen LogP) is 3.50. The number of pyridine rings is 1. The molecule has 0 aliphatic heterocycles. The molecule has 1 aromatic heterocycles. The van der Waals surface area contributed by atoms with Crippen LogP contribution in [0.4, 0.5) is 0 Å². The maximum atomic E-state index is 11.3. The van der Waals surface area contributed by atoms with Crippen LogP contribution in [0.15, 0.2) is 30.3 Å². The van der Waals surface area contributed by atoms with Gasteiger partial charge in [0.05, 0.1) is 0 Å². The van der Waals surface area contributed by atoms with Gasteiger partial charge in [-0.2, -0.15) is 0 Å². The van der Waals surface area contributed by atoms with Crippen molar-refractivity contribution in [3.05, 3.63) is 52.7 Å². The van der Waals surface area contributed by atoms with E-state index in [1.165, 1.54) is 0 Å². The molecular formula is C15H15NO3. The van der Waals surface area contributed by atoms with Crippen molar-refractivity contribution in [2.24, 2.45) is 0 Å². The molecule has 1 aromatic carbocycles. The Labute approximate surface area is 111 Å². The van der Waals surface area contributed by atoms with Crippen LogP contribution in [-0.4, -0.2) is 16.1 Å². The van der Waals surface area contributed by atoms with Crippen LogP contribution in [0.5, 0.6) is 11.6 Å². The van der Waals surface area contributed by atoms with Gasteiger partial charge in [0.1, 0.15) is 11.3 Å². The van der Waals surface area contributed by atoms with Crippen molar-refractivity contribution in [1.82, 2.24) is 4.98 Å². The van der Waals surface area contributed by atoms with E-state index in [1.807, 2.05) is 19.1 Å². The van der Waals surface area contributed by atoms with Gasteiger partial charge in [-0.15, -0.1) is 0 Å². The number of rotatable bonds is 3. The van der Waals surface area contributed by atoms with Gasteiger partial charge in [0.2, 0.25) is 5.88 Å². The number of carboxylic acids is 1. The molecule has 0 aliphatic carbocycles. The topological polar surface area (TPSA) is 59.4 Å². The minimum atomic E-state index is -1.04. The van der Waals surface area contributed by atoms with Gasteiger partial charge in [-0.1, -0.05) is 17.7 Å². The Hall–Kier alpha value is -2.36. The molecule has 4 nitrogen and oxygen atoms in total. The maximum Gasteiger partial charge on any atom is 0.341 e. The van der Waals surface area contributed by atoms with E-state index in [-0.39, 0.29) is 11.4 Å². The third kappa shape index (κ3) is 2.91. The van der Waals surface area contributed by atoms with E-state index in [0.717, 1.165) is 11.3 Å². The summed E-state index contributed by atoms with van der Waals surface area (Å²) in [6, 6.07) is 9.11. The molecule has 2 rings (SSSR count). The second-order valence-corrected chi connectivity index (χ2v) is 4.48. The summed E-state index contributed by atoms with van der Waals surface area (Å²) in [5, 5.41) is 9.24. The fraction of sp³-hybridized carbons (Fsp3) is 0.200. The number of ether oxygens (including phenoxy) is 1. The van der Waals surface area contributed by atoms with Gasteiger partial charge in [0, 0.05) is 5.69 Å². The van der Waals surface area contributed by atoms with E-state index in [4.69, 9.17) is 4.74 Å². The summed E-state index contributed by atoms with van der Waals surface area (Å²) in [5.74, 6) is -0.327. The zero-order valence-corrected chi connectivity index (χ0v) is 11.1. The predicted molar refractivity (Wildman–Crippen MR) is 71.9 cm³/mol. The Morgan fingerprint density at radius 2 is 1.79 bits per heavy atom. The average molecular weight is 257 g/mol. The number of aryl methyl sites for hydroxylation is 3. The van der Waals surface area contributed by atoms with Crippen molar-refractivity contribution in [2.75, 3.05) is 0 Å². The van der Waals surface area contributed by atoms with E-state index in [1.54, 1.807) is 32.0 Å². The second-order valence-electron chi connectivity index (χ2n) is 4.48. The molecule has 1 N–H and O–H groups in total. The van der Waals surface area contributed by atoms with Crippen LogP contribution in [-0.2, 0) is 0 Å². The number of carboxylic acid groups (broad SMARTS) is 1. The van der Waals surface area contributed by atoms with Gasteiger partial charge in [-0.25, -0.2) is 9.78 Å². The molecule has 1 heterocycles. The van der Waals surface area contributed by atoms with Gasteiger partial charge in [-0.05, 0) is 44.5 Å². The number of carbonyl (C=O) groups is 1. The lowest BCUT2D eigenvalue weighted by atomic mass is 10.1. The number of nitrogens with zero attached hydrogens (tertiary/aromatic N) is 1. The van der Waals surface area contributed by atoms with Gasteiger partial charge in [0.25, 0.3) is 0 Å². The SMILES string of the molecule is Cc1ccc(Oc2nc(C)cc(C)c2C(=O)O)cc1. The van der Waals surface area contributed by atoms with Crippen molar-refractivity contribution in [3.63, 3.8) is 0 Å². The first-order valence-electron chi connectivity index (χ1n) is 5.93. The molecule has 0 saturated carbocycles. The number of aromatic carboxylic acids is 1. The Morgan fingerprint density at radius 1 is 1.16 bits per heavy atom. The van der Waals surface area contributed by atoms with Gasteiger partial charge >= 0.3 is 5.97 Å². The third-order valence-electron chi connectivity index (χ3n) is 2.76. The van der Waals surface area contributed by atoms with E-state index in [2.05, 4.69) is 4.98 Å². The molecule has 0 unspecified atom stereocenters. The molecule has 0 aliphatic rings. The minimum absolute atomic E-state index is 0.103. The van der Waals surface area contributed by atoms with Crippen molar-refractivity contribution >= 4 is 5.97 Å². The van der Waals surface area contributed by atoms with Crippen LogP contribution in [0.1, 0.15) is 27.2 Å². The summed E-state index contributed by atoms with van der Waals surface area (Å²) in [7, 11) is 0. The van der Waals surface area contributed by atoms with E-state index < -0.39 is 5.97 Å². The van der Waals surface area contributed by atoms with Crippen LogP contribution < -0.4 is 4.74 Å². The van der Waals surface area contributed by atoms with Crippen LogP contribution in [0.3, 0.4) is 0 Å². The first kappa shape index (κ1) is 13.1. The molecule has 4 heteroatoms. The monoisotopic (exact) mass is 257 g/mol. The maximum absolute atomic E-state index is 11.3. The molecule has 19 heavy (non-hydrogen) atoms. The van der Waals surface area contributed by atoms with Gasteiger partial charge < -0.3 is 9.84 Å². The number of aromatic nitrogens is 1. The molecule has 0 radical (unpaired) electrons. The summed E-state index contributed by atoms with van der Waals surface area (Å²) in [6.45, 7) is 5.52. The molecule has 0 amide bonds. The fourth-order valence-electron chi connectivity index (χ4n) is 1.85. The average Bonchev–Trinajstić information content (AvgIpc) is 2.30. The summed E-state index contributed by atoms with van der Waals surface area (Å²) >= 11 is 0. The smallest absolute Gasteiger partial charge is 0.341 e. The molecule has 2 aromatic rings. The lowest BCUT2D eigenvalue weighted by Crippen LogP contribution is -2.06. The van der Waals surface area contributed by atoms with Crippen LogP contribution in [0, 0.1) is 20.8 Å². The third-order valence-corrected chi connectivity index (χ3v) is 2.76. The minimum Gasteiger partial charge on any atom is -0.477 e. The Kier molecular flexibility index (Phi) is 3.51.